The van der Waals surface area contributed by atoms with Crippen molar-refractivity contribution in [1.29, 1.82) is 0 Å². The molecular weight excluding hydrogens is 342 g/mol. The second kappa shape index (κ2) is 8.05. The molecule has 3 aromatic rings. The van der Waals surface area contributed by atoms with Crippen LogP contribution >= 0.6 is 11.6 Å². The van der Waals surface area contributed by atoms with Crippen LogP contribution in [0.25, 0.3) is 22.0 Å². The Balaban J connectivity index is 2.25. The van der Waals surface area contributed by atoms with Crippen molar-refractivity contribution in [2.75, 3.05) is 18.0 Å². The standard InChI is InChI=1S/C22H26ClN3/c1-5-9-26(10-6-2)21-12-16(4)25-22-19(13-24-14-20(21)22)18-8-7-17(23)11-15(18)3/h7-8,11-14H,5-6,9-10H2,1-4H3. The molecule has 0 spiro atoms. The lowest BCUT2D eigenvalue weighted by molar-refractivity contribution is 0.746. The fourth-order valence-electron chi connectivity index (χ4n) is 3.53. The number of fused-ring (bicyclic) bond motifs is 1. The van der Waals surface area contributed by atoms with Gasteiger partial charge in [0.15, 0.2) is 0 Å². The summed E-state index contributed by atoms with van der Waals surface area (Å²) in [6.07, 6.45) is 6.10. The van der Waals surface area contributed by atoms with Crippen molar-refractivity contribution in [3.63, 3.8) is 0 Å². The minimum Gasteiger partial charge on any atom is -0.371 e. The fraction of sp³-hybridized carbons (Fsp3) is 0.364. The average molecular weight is 368 g/mol. The first-order chi connectivity index (χ1) is 12.5. The van der Waals surface area contributed by atoms with Crippen molar-refractivity contribution in [1.82, 2.24) is 9.97 Å². The Morgan fingerprint density at radius 2 is 1.69 bits per heavy atom. The van der Waals surface area contributed by atoms with Crippen LogP contribution in [0.5, 0.6) is 0 Å². The second-order valence-corrected chi connectivity index (χ2v) is 7.25. The molecule has 0 saturated heterocycles. The Morgan fingerprint density at radius 3 is 2.35 bits per heavy atom. The summed E-state index contributed by atoms with van der Waals surface area (Å²) < 4.78 is 0. The zero-order valence-electron chi connectivity index (χ0n) is 16.0. The number of benzene rings is 1. The zero-order chi connectivity index (χ0) is 18.7. The number of aryl methyl sites for hydroxylation is 2. The Kier molecular flexibility index (Phi) is 5.77. The largest absolute Gasteiger partial charge is 0.371 e. The van der Waals surface area contributed by atoms with E-state index >= 15 is 0 Å². The minimum absolute atomic E-state index is 0.751. The van der Waals surface area contributed by atoms with E-state index in [0.717, 1.165) is 64.2 Å². The summed E-state index contributed by atoms with van der Waals surface area (Å²) in [4.78, 5) is 11.9. The van der Waals surface area contributed by atoms with E-state index in [9.17, 15) is 0 Å². The number of pyridine rings is 2. The van der Waals surface area contributed by atoms with Crippen LogP contribution < -0.4 is 4.90 Å². The molecule has 0 radical (unpaired) electrons. The van der Waals surface area contributed by atoms with Crippen molar-refractivity contribution in [3.05, 3.63) is 52.9 Å². The van der Waals surface area contributed by atoms with E-state index in [-0.39, 0.29) is 0 Å². The summed E-state index contributed by atoms with van der Waals surface area (Å²) >= 11 is 6.15. The molecule has 0 bridgehead atoms. The van der Waals surface area contributed by atoms with Gasteiger partial charge in [0, 0.05) is 52.8 Å². The highest BCUT2D eigenvalue weighted by molar-refractivity contribution is 6.30. The lowest BCUT2D eigenvalue weighted by Gasteiger charge is -2.26. The first-order valence-corrected chi connectivity index (χ1v) is 9.69. The number of anilines is 1. The Bertz CT molecular complexity index is 915. The summed E-state index contributed by atoms with van der Waals surface area (Å²) in [5, 5.41) is 1.87. The van der Waals surface area contributed by atoms with Gasteiger partial charge in [-0.3, -0.25) is 9.97 Å². The van der Waals surface area contributed by atoms with E-state index in [2.05, 4.69) is 49.7 Å². The second-order valence-electron chi connectivity index (χ2n) is 6.81. The molecule has 136 valence electrons. The van der Waals surface area contributed by atoms with E-state index in [1.807, 2.05) is 24.5 Å². The fourth-order valence-corrected chi connectivity index (χ4v) is 3.75. The first-order valence-electron chi connectivity index (χ1n) is 9.32. The van der Waals surface area contributed by atoms with Crippen LogP contribution in [0, 0.1) is 13.8 Å². The Hall–Kier alpha value is -2.13. The Labute approximate surface area is 161 Å². The number of hydrogen-bond acceptors (Lipinski definition) is 3. The Morgan fingerprint density at radius 1 is 0.962 bits per heavy atom. The predicted molar refractivity (Wildman–Crippen MR) is 112 cm³/mol. The number of hydrogen-bond donors (Lipinski definition) is 0. The van der Waals surface area contributed by atoms with Gasteiger partial charge in [-0.1, -0.05) is 31.5 Å². The van der Waals surface area contributed by atoms with E-state index in [1.54, 1.807) is 0 Å². The van der Waals surface area contributed by atoms with Gasteiger partial charge in [-0.15, -0.1) is 0 Å². The van der Waals surface area contributed by atoms with Gasteiger partial charge < -0.3 is 4.90 Å². The highest BCUT2D eigenvalue weighted by Crippen LogP contribution is 2.35. The van der Waals surface area contributed by atoms with Gasteiger partial charge in [-0.2, -0.15) is 0 Å². The third-order valence-electron chi connectivity index (χ3n) is 4.63. The van der Waals surface area contributed by atoms with Crippen molar-refractivity contribution in [3.8, 4) is 11.1 Å². The molecule has 0 atom stereocenters. The van der Waals surface area contributed by atoms with E-state index in [0.29, 0.717) is 0 Å². The molecule has 0 unspecified atom stereocenters. The highest BCUT2D eigenvalue weighted by Gasteiger charge is 2.15. The molecule has 0 aliphatic rings. The maximum absolute atomic E-state index is 6.15. The molecule has 0 N–H and O–H groups in total. The molecule has 1 aromatic carbocycles. The molecule has 0 aliphatic heterocycles. The molecule has 0 saturated carbocycles. The lowest BCUT2D eigenvalue weighted by Crippen LogP contribution is -2.25. The number of aromatic nitrogens is 2. The smallest absolute Gasteiger partial charge is 0.0835 e. The minimum atomic E-state index is 0.751. The molecule has 0 fully saturated rings. The molecule has 0 amide bonds. The summed E-state index contributed by atoms with van der Waals surface area (Å²) in [6, 6.07) is 8.17. The van der Waals surface area contributed by atoms with Crippen molar-refractivity contribution in [2.24, 2.45) is 0 Å². The van der Waals surface area contributed by atoms with Crippen molar-refractivity contribution in [2.45, 2.75) is 40.5 Å². The van der Waals surface area contributed by atoms with Crippen LogP contribution in [0.15, 0.2) is 36.7 Å². The van der Waals surface area contributed by atoms with Gasteiger partial charge in [0.2, 0.25) is 0 Å². The summed E-state index contributed by atoms with van der Waals surface area (Å²) in [5.74, 6) is 0. The third-order valence-corrected chi connectivity index (χ3v) is 4.87. The van der Waals surface area contributed by atoms with Crippen LogP contribution in [0.1, 0.15) is 37.9 Å². The molecule has 3 nitrogen and oxygen atoms in total. The van der Waals surface area contributed by atoms with Gasteiger partial charge in [-0.05, 0) is 56.0 Å². The molecule has 2 heterocycles. The van der Waals surface area contributed by atoms with E-state index < -0.39 is 0 Å². The highest BCUT2D eigenvalue weighted by atomic mass is 35.5. The van der Waals surface area contributed by atoms with Crippen LogP contribution in [0.3, 0.4) is 0 Å². The maximum atomic E-state index is 6.15. The predicted octanol–water partition coefficient (Wildman–Crippen LogP) is 6.19. The van der Waals surface area contributed by atoms with Crippen LogP contribution in [-0.2, 0) is 0 Å². The van der Waals surface area contributed by atoms with Gasteiger partial charge in [0.1, 0.15) is 0 Å². The van der Waals surface area contributed by atoms with Crippen LogP contribution in [0.4, 0.5) is 5.69 Å². The average Bonchev–Trinajstić information content (AvgIpc) is 2.61. The van der Waals surface area contributed by atoms with Gasteiger partial charge in [0.25, 0.3) is 0 Å². The van der Waals surface area contributed by atoms with Gasteiger partial charge in [-0.25, -0.2) is 0 Å². The SMILES string of the molecule is CCCN(CCC)c1cc(C)nc2c(-c3ccc(Cl)cc3C)cncc12. The van der Waals surface area contributed by atoms with Gasteiger partial charge >= 0.3 is 0 Å². The van der Waals surface area contributed by atoms with E-state index in [4.69, 9.17) is 16.6 Å². The molecule has 0 aliphatic carbocycles. The van der Waals surface area contributed by atoms with Crippen LogP contribution in [-0.4, -0.2) is 23.1 Å². The van der Waals surface area contributed by atoms with Gasteiger partial charge in [0.05, 0.1) is 5.52 Å². The summed E-state index contributed by atoms with van der Waals surface area (Å²) in [6.45, 7) is 10.7. The zero-order valence-corrected chi connectivity index (χ0v) is 16.8. The number of rotatable bonds is 6. The molecule has 26 heavy (non-hydrogen) atoms. The summed E-state index contributed by atoms with van der Waals surface area (Å²) in [5.41, 5.74) is 6.61. The molecule has 2 aromatic heterocycles. The van der Waals surface area contributed by atoms with Crippen molar-refractivity contribution < 1.29 is 0 Å². The summed E-state index contributed by atoms with van der Waals surface area (Å²) in [7, 11) is 0. The third kappa shape index (κ3) is 3.68. The monoisotopic (exact) mass is 367 g/mol. The first kappa shape index (κ1) is 18.7. The number of halogens is 1. The molecular formula is C22H26ClN3. The topological polar surface area (TPSA) is 29.0 Å². The number of nitrogens with zero attached hydrogens (tertiary/aromatic N) is 3. The van der Waals surface area contributed by atoms with Crippen LogP contribution in [0.2, 0.25) is 5.02 Å². The molecule has 3 rings (SSSR count). The quantitative estimate of drug-likeness (QED) is 0.519. The van der Waals surface area contributed by atoms with Crippen molar-refractivity contribution >= 4 is 28.2 Å². The maximum Gasteiger partial charge on any atom is 0.0835 e. The van der Waals surface area contributed by atoms with E-state index in [1.165, 1.54) is 5.69 Å². The normalized spacial score (nSPS) is 11.1. The lowest BCUT2D eigenvalue weighted by atomic mass is 9.99. The molecule has 4 heteroatoms.